The summed E-state index contributed by atoms with van der Waals surface area (Å²) in [5.74, 6) is 0. The van der Waals surface area contributed by atoms with Gasteiger partial charge in [0.05, 0.1) is 6.54 Å². The standard InChI is InChI=1S/C11H11N3O/c12-10-4-1-3-9(7-10)8-14-11(15)5-2-6-13-14/h1-7H,8,12H2. The average molecular weight is 201 g/mol. The van der Waals surface area contributed by atoms with Crippen molar-refractivity contribution in [3.8, 4) is 0 Å². The molecule has 0 bridgehead atoms. The van der Waals surface area contributed by atoms with Crippen LogP contribution in [0.3, 0.4) is 0 Å². The Morgan fingerprint density at radius 3 is 2.87 bits per heavy atom. The topological polar surface area (TPSA) is 60.9 Å². The Balaban J connectivity index is 2.30. The number of nitrogen functional groups attached to an aromatic ring is 1. The molecule has 1 heterocycles. The maximum absolute atomic E-state index is 11.4. The van der Waals surface area contributed by atoms with Gasteiger partial charge >= 0.3 is 0 Å². The first-order valence-electron chi connectivity index (χ1n) is 4.62. The molecule has 2 rings (SSSR count). The molecule has 2 N–H and O–H groups in total. The van der Waals surface area contributed by atoms with Gasteiger partial charge in [0.25, 0.3) is 5.56 Å². The zero-order chi connectivity index (χ0) is 10.7. The van der Waals surface area contributed by atoms with E-state index in [1.165, 1.54) is 10.7 Å². The molecule has 0 amide bonds. The minimum atomic E-state index is -0.111. The molecule has 15 heavy (non-hydrogen) atoms. The third-order valence-corrected chi connectivity index (χ3v) is 2.07. The Hall–Kier alpha value is -2.10. The van der Waals surface area contributed by atoms with Crippen LogP contribution >= 0.6 is 0 Å². The van der Waals surface area contributed by atoms with Gasteiger partial charge in [-0.25, -0.2) is 4.68 Å². The van der Waals surface area contributed by atoms with E-state index in [1.807, 2.05) is 24.3 Å². The summed E-state index contributed by atoms with van der Waals surface area (Å²) < 4.78 is 1.40. The highest BCUT2D eigenvalue weighted by atomic mass is 16.1. The van der Waals surface area contributed by atoms with Gasteiger partial charge in [-0.15, -0.1) is 0 Å². The van der Waals surface area contributed by atoms with Gasteiger partial charge in [-0.2, -0.15) is 5.10 Å². The van der Waals surface area contributed by atoms with Crippen molar-refractivity contribution in [2.24, 2.45) is 0 Å². The van der Waals surface area contributed by atoms with E-state index >= 15 is 0 Å². The number of nitrogens with two attached hydrogens (primary N) is 1. The normalized spacial score (nSPS) is 10.1. The van der Waals surface area contributed by atoms with E-state index in [2.05, 4.69) is 5.10 Å². The Morgan fingerprint density at radius 1 is 1.27 bits per heavy atom. The third-order valence-electron chi connectivity index (χ3n) is 2.07. The Bertz CT molecular complexity index is 519. The minimum absolute atomic E-state index is 0.111. The molecule has 0 radical (unpaired) electrons. The highest BCUT2D eigenvalue weighted by Crippen LogP contribution is 2.06. The second kappa shape index (κ2) is 3.96. The summed E-state index contributed by atoms with van der Waals surface area (Å²) in [5, 5.41) is 3.97. The number of benzene rings is 1. The van der Waals surface area contributed by atoms with Crippen LogP contribution in [-0.4, -0.2) is 9.78 Å². The smallest absolute Gasteiger partial charge is 0.267 e. The van der Waals surface area contributed by atoms with E-state index in [0.717, 1.165) is 5.56 Å². The van der Waals surface area contributed by atoms with Crippen molar-refractivity contribution in [3.63, 3.8) is 0 Å². The molecular formula is C11H11N3O. The monoisotopic (exact) mass is 201 g/mol. The molecule has 1 aromatic heterocycles. The summed E-state index contributed by atoms with van der Waals surface area (Å²) >= 11 is 0. The SMILES string of the molecule is Nc1cccc(Cn2ncccc2=O)c1. The van der Waals surface area contributed by atoms with Crippen LogP contribution in [0, 0.1) is 0 Å². The van der Waals surface area contributed by atoms with Crippen LogP contribution < -0.4 is 11.3 Å². The number of hydrogen-bond acceptors (Lipinski definition) is 3. The van der Waals surface area contributed by atoms with Crippen LogP contribution in [0.4, 0.5) is 5.69 Å². The Labute approximate surface area is 87.0 Å². The van der Waals surface area contributed by atoms with Gasteiger partial charge in [-0.3, -0.25) is 4.79 Å². The van der Waals surface area contributed by atoms with Crippen molar-refractivity contribution in [2.45, 2.75) is 6.54 Å². The molecule has 0 fully saturated rings. The molecule has 1 aromatic carbocycles. The predicted molar refractivity (Wildman–Crippen MR) is 58.5 cm³/mol. The second-order valence-electron chi connectivity index (χ2n) is 3.26. The van der Waals surface area contributed by atoms with Gasteiger partial charge in [-0.05, 0) is 23.8 Å². The number of hydrogen-bond donors (Lipinski definition) is 1. The van der Waals surface area contributed by atoms with E-state index in [4.69, 9.17) is 5.73 Å². The van der Waals surface area contributed by atoms with Crippen LogP contribution in [0.1, 0.15) is 5.56 Å². The minimum Gasteiger partial charge on any atom is -0.399 e. The van der Waals surface area contributed by atoms with Crippen LogP contribution in [0.25, 0.3) is 0 Å². The van der Waals surface area contributed by atoms with Crippen molar-refractivity contribution in [2.75, 3.05) is 5.73 Å². The quantitative estimate of drug-likeness (QED) is 0.733. The lowest BCUT2D eigenvalue weighted by Crippen LogP contribution is -2.21. The summed E-state index contributed by atoms with van der Waals surface area (Å²) in [6.07, 6.45) is 1.59. The summed E-state index contributed by atoms with van der Waals surface area (Å²) in [4.78, 5) is 11.4. The third kappa shape index (κ3) is 2.22. The molecule has 0 atom stereocenters. The van der Waals surface area contributed by atoms with Crippen molar-refractivity contribution in [3.05, 3.63) is 58.5 Å². The average Bonchev–Trinajstić information content (AvgIpc) is 2.22. The summed E-state index contributed by atoms with van der Waals surface area (Å²) in [6, 6.07) is 10.5. The Morgan fingerprint density at radius 2 is 2.13 bits per heavy atom. The fourth-order valence-electron chi connectivity index (χ4n) is 1.37. The number of rotatable bonds is 2. The molecule has 0 saturated carbocycles. The van der Waals surface area contributed by atoms with Gasteiger partial charge in [0.2, 0.25) is 0 Å². The van der Waals surface area contributed by atoms with Gasteiger partial charge in [0.1, 0.15) is 0 Å². The molecule has 0 spiro atoms. The summed E-state index contributed by atoms with van der Waals surface area (Å²) in [5.41, 5.74) is 7.19. The van der Waals surface area contributed by atoms with Crippen LogP contribution in [0.15, 0.2) is 47.4 Å². The van der Waals surface area contributed by atoms with E-state index in [1.54, 1.807) is 12.3 Å². The largest absolute Gasteiger partial charge is 0.399 e. The van der Waals surface area contributed by atoms with Gasteiger partial charge in [0, 0.05) is 18.0 Å². The lowest BCUT2D eigenvalue weighted by Gasteiger charge is -2.04. The van der Waals surface area contributed by atoms with E-state index in [-0.39, 0.29) is 5.56 Å². The van der Waals surface area contributed by atoms with E-state index < -0.39 is 0 Å². The first kappa shape index (κ1) is 9.45. The lowest BCUT2D eigenvalue weighted by molar-refractivity contribution is 0.639. The maximum Gasteiger partial charge on any atom is 0.267 e. The second-order valence-corrected chi connectivity index (χ2v) is 3.26. The van der Waals surface area contributed by atoms with Crippen LogP contribution in [-0.2, 0) is 6.54 Å². The Kier molecular flexibility index (Phi) is 2.49. The van der Waals surface area contributed by atoms with Gasteiger partial charge < -0.3 is 5.73 Å². The van der Waals surface area contributed by atoms with Gasteiger partial charge in [-0.1, -0.05) is 12.1 Å². The first-order chi connectivity index (χ1) is 7.25. The van der Waals surface area contributed by atoms with Crippen LogP contribution in [0.5, 0.6) is 0 Å². The van der Waals surface area contributed by atoms with Crippen molar-refractivity contribution < 1.29 is 0 Å². The molecule has 0 saturated heterocycles. The lowest BCUT2D eigenvalue weighted by atomic mass is 10.2. The van der Waals surface area contributed by atoms with Crippen molar-refractivity contribution in [1.29, 1.82) is 0 Å². The molecule has 2 aromatic rings. The molecular weight excluding hydrogens is 190 g/mol. The van der Waals surface area contributed by atoms with Crippen molar-refractivity contribution in [1.82, 2.24) is 9.78 Å². The van der Waals surface area contributed by atoms with Crippen LogP contribution in [0.2, 0.25) is 0 Å². The zero-order valence-electron chi connectivity index (χ0n) is 8.13. The maximum atomic E-state index is 11.4. The van der Waals surface area contributed by atoms with Crippen molar-refractivity contribution >= 4 is 5.69 Å². The van der Waals surface area contributed by atoms with E-state index in [9.17, 15) is 4.79 Å². The molecule has 0 aliphatic carbocycles. The summed E-state index contributed by atoms with van der Waals surface area (Å²) in [7, 11) is 0. The number of anilines is 1. The molecule has 4 nitrogen and oxygen atoms in total. The number of nitrogens with zero attached hydrogens (tertiary/aromatic N) is 2. The predicted octanol–water partition coefficient (Wildman–Crippen LogP) is 0.874. The highest BCUT2D eigenvalue weighted by molar-refractivity contribution is 5.40. The molecule has 76 valence electrons. The molecule has 0 aliphatic heterocycles. The fourth-order valence-corrected chi connectivity index (χ4v) is 1.37. The molecule has 0 aliphatic rings. The van der Waals surface area contributed by atoms with Gasteiger partial charge in [0.15, 0.2) is 0 Å². The molecule has 0 unspecified atom stereocenters. The number of aromatic nitrogens is 2. The fraction of sp³-hybridized carbons (Fsp3) is 0.0909. The molecule has 4 heteroatoms. The highest BCUT2D eigenvalue weighted by Gasteiger charge is 1.97. The summed E-state index contributed by atoms with van der Waals surface area (Å²) in [6.45, 7) is 0.449. The zero-order valence-corrected chi connectivity index (χ0v) is 8.13. The first-order valence-corrected chi connectivity index (χ1v) is 4.62. The van der Waals surface area contributed by atoms with E-state index in [0.29, 0.717) is 12.2 Å².